The molecule has 0 radical (unpaired) electrons. The molecule has 3 unspecified atom stereocenters. The fourth-order valence-electron chi connectivity index (χ4n) is 5.25. The largest absolute Gasteiger partial charge is 0.481 e. The van der Waals surface area contributed by atoms with Gasteiger partial charge in [0, 0.05) is 23.1 Å². The van der Waals surface area contributed by atoms with Crippen LogP contribution in [0.5, 0.6) is 34.5 Å². The Bertz CT molecular complexity index is 2130. The molecule has 0 fully saturated rings. The fraction of sp³-hybridized carbons (Fsp3) is 0.174. The van der Waals surface area contributed by atoms with E-state index >= 15 is 0 Å². The lowest BCUT2D eigenvalue weighted by molar-refractivity contribution is -0.138. The minimum Gasteiger partial charge on any atom is -0.481 e. The maximum atomic E-state index is 10.7. The molecule has 11 heteroatoms. The van der Waals surface area contributed by atoms with Gasteiger partial charge < -0.3 is 41.6 Å². The Kier molecular flexibility index (Phi) is 17.1. The number of rotatable bonds is 14. The van der Waals surface area contributed by atoms with E-state index in [1.54, 1.807) is 54.6 Å². The Morgan fingerprint density at radius 2 is 0.895 bits per heavy atom. The molecule has 0 aromatic heterocycles. The molecule has 3 atom stereocenters. The first-order chi connectivity index (χ1) is 27.4. The first-order valence-corrected chi connectivity index (χ1v) is 18.7. The van der Waals surface area contributed by atoms with E-state index in [2.05, 4.69) is 6.92 Å². The van der Waals surface area contributed by atoms with E-state index in [-0.39, 0.29) is 18.9 Å². The van der Waals surface area contributed by atoms with Gasteiger partial charge in [-0.25, -0.2) is 0 Å². The van der Waals surface area contributed by atoms with Crippen LogP contribution in [0.15, 0.2) is 152 Å². The normalized spacial score (nSPS) is 12.0. The summed E-state index contributed by atoms with van der Waals surface area (Å²) in [5, 5.41) is 18.2. The highest BCUT2D eigenvalue weighted by atomic mass is 35.5. The smallest absolute Gasteiger partial charge is 0.305 e. The van der Waals surface area contributed by atoms with Crippen molar-refractivity contribution in [3.05, 3.63) is 179 Å². The Hall–Kier alpha value is -6.17. The molecule has 0 heterocycles. The Morgan fingerprint density at radius 3 is 1.37 bits per heavy atom. The third-order valence-electron chi connectivity index (χ3n) is 8.39. The zero-order chi connectivity index (χ0) is 41.2. The van der Waals surface area contributed by atoms with Crippen LogP contribution in [-0.4, -0.2) is 22.2 Å². The van der Waals surface area contributed by atoms with Gasteiger partial charge in [0.1, 0.15) is 34.5 Å². The van der Waals surface area contributed by atoms with E-state index in [1.807, 2.05) is 104 Å². The van der Waals surface area contributed by atoms with Crippen LogP contribution in [0.1, 0.15) is 66.6 Å². The standard InChI is InChI=1S/C16H17NO3.C15H16ClNO.C15H15NO3/c1-11-5-7-13(8-6-11)20-14-4-2-3-12(9-14)15(17)10-16(18)19;1-2-15(17)11-4-3-5-14(10-11)18-13-8-6-12(16)7-9-13;16-14(10-15(17)18)11-6-8-13(9-7-11)19-12-4-2-1-3-5-12/h2-9,15H,10,17H2,1H3,(H,18,19);3-10,15H,2,17H2,1H3;1-9,14H,10,16H2,(H,17,18). The number of aliphatic carboxylic acids is 2. The average Bonchev–Trinajstić information content (AvgIpc) is 3.20. The van der Waals surface area contributed by atoms with Crippen molar-refractivity contribution in [3.8, 4) is 34.5 Å². The first kappa shape index (κ1) is 43.6. The molecule has 0 aliphatic carbocycles. The number of nitrogens with two attached hydrogens (primary N) is 3. The van der Waals surface area contributed by atoms with Crippen LogP contribution < -0.4 is 31.4 Å². The van der Waals surface area contributed by atoms with E-state index in [0.717, 1.165) is 51.7 Å². The number of hydrogen-bond acceptors (Lipinski definition) is 8. The fourth-order valence-corrected chi connectivity index (χ4v) is 5.38. The summed E-state index contributed by atoms with van der Waals surface area (Å²) in [5.74, 6) is 2.56. The van der Waals surface area contributed by atoms with Crippen molar-refractivity contribution >= 4 is 23.5 Å². The molecule has 57 heavy (non-hydrogen) atoms. The molecule has 0 aliphatic heterocycles. The molecule has 6 aromatic carbocycles. The van der Waals surface area contributed by atoms with E-state index in [4.69, 9.17) is 53.2 Å². The number of halogens is 1. The SMILES string of the molecule is CCC(N)c1cccc(Oc2ccc(Cl)cc2)c1.Cc1ccc(Oc2cccc(C(N)CC(=O)O)c2)cc1.NC(CC(=O)O)c1ccc(Oc2ccccc2)cc1. The van der Waals surface area contributed by atoms with Gasteiger partial charge in [0.25, 0.3) is 0 Å². The molecule has 296 valence electrons. The Morgan fingerprint density at radius 1 is 0.509 bits per heavy atom. The highest BCUT2D eigenvalue weighted by Gasteiger charge is 2.12. The highest BCUT2D eigenvalue weighted by Crippen LogP contribution is 2.28. The highest BCUT2D eigenvalue weighted by molar-refractivity contribution is 6.30. The number of aryl methyl sites for hydroxylation is 1. The van der Waals surface area contributed by atoms with E-state index < -0.39 is 24.0 Å². The number of benzene rings is 6. The molecule has 0 bridgehead atoms. The number of carboxylic acids is 2. The van der Waals surface area contributed by atoms with Crippen molar-refractivity contribution < 1.29 is 34.0 Å². The van der Waals surface area contributed by atoms with Crippen LogP contribution in [0, 0.1) is 6.92 Å². The summed E-state index contributed by atoms with van der Waals surface area (Å²) in [6.07, 6.45) is 0.720. The lowest BCUT2D eigenvalue weighted by atomic mass is 10.0. The van der Waals surface area contributed by atoms with Gasteiger partial charge in [-0.05, 0) is 115 Å². The zero-order valence-electron chi connectivity index (χ0n) is 31.8. The topological polar surface area (TPSA) is 180 Å². The maximum Gasteiger partial charge on any atom is 0.305 e. The molecule has 8 N–H and O–H groups in total. The number of para-hydroxylation sites is 1. The van der Waals surface area contributed by atoms with Crippen molar-refractivity contribution in [3.63, 3.8) is 0 Å². The molecule has 0 saturated heterocycles. The summed E-state index contributed by atoms with van der Waals surface area (Å²) in [4.78, 5) is 21.3. The van der Waals surface area contributed by atoms with Crippen molar-refractivity contribution in [2.45, 2.75) is 51.2 Å². The van der Waals surface area contributed by atoms with Gasteiger partial charge in [0.05, 0.1) is 12.8 Å². The Labute approximate surface area is 338 Å². The molecule has 0 spiro atoms. The summed E-state index contributed by atoms with van der Waals surface area (Å²) < 4.78 is 17.1. The minimum atomic E-state index is -0.914. The summed E-state index contributed by atoms with van der Waals surface area (Å²) in [5.41, 5.74) is 21.4. The predicted octanol–water partition coefficient (Wildman–Crippen LogP) is 10.8. The summed E-state index contributed by atoms with van der Waals surface area (Å²) in [7, 11) is 0. The number of carboxylic acid groups (broad SMARTS) is 2. The second-order valence-electron chi connectivity index (χ2n) is 13.0. The van der Waals surface area contributed by atoms with Crippen LogP contribution in [0.3, 0.4) is 0 Å². The van der Waals surface area contributed by atoms with Crippen molar-refractivity contribution in [1.82, 2.24) is 0 Å². The van der Waals surface area contributed by atoms with Gasteiger partial charge in [0.15, 0.2) is 0 Å². The van der Waals surface area contributed by atoms with Crippen molar-refractivity contribution in [1.29, 1.82) is 0 Å². The lowest BCUT2D eigenvalue weighted by Gasteiger charge is -2.12. The number of ether oxygens (including phenoxy) is 3. The third kappa shape index (κ3) is 15.5. The van der Waals surface area contributed by atoms with Crippen LogP contribution >= 0.6 is 11.6 Å². The summed E-state index contributed by atoms with van der Waals surface area (Å²) in [6, 6.07) is 45.7. The van der Waals surface area contributed by atoms with E-state index in [9.17, 15) is 9.59 Å². The summed E-state index contributed by atoms with van der Waals surface area (Å²) >= 11 is 5.83. The molecule has 0 aliphatic rings. The molecule has 6 aromatic rings. The van der Waals surface area contributed by atoms with E-state index in [0.29, 0.717) is 16.5 Å². The molecule has 0 amide bonds. The molecular formula is C46H48ClN3O7. The van der Waals surface area contributed by atoms with Gasteiger partial charge >= 0.3 is 11.9 Å². The summed E-state index contributed by atoms with van der Waals surface area (Å²) in [6.45, 7) is 4.08. The second kappa shape index (κ2) is 22.4. The van der Waals surface area contributed by atoms with Crippen LogP contribution in [-0.2, 0) is 9.59 Å². The average molecular weight is 790 g/mol. The van der Waals surface area contributed by atoms with Crippen LogP contribution in [0.25, 0.3) is 0 Å². The maximum absolute atomic E-state index is 10.7. The van der Waals surface area contributed by atoms with Gasteiger partial charge in [-0.2, -0.15) is 0 Å². The second-order valence-corrected chi connectivity index (χ2v) is 13.5. The van der Waals surface area contributed by atoms with Crippen LogP contribution in [0.2, 0.25) is 5.02 Å². The van der Waals surface area contributed by atoms with Gasteiger partial charge in [-0.1, -0.05) is 90.8 Å². The number of hydrogen-bond donors (Lipinski definition) is 5. The molecule has 6 rings (SSSR count). The minimum absolute atomic E-state index is 0.0544. The van der Waals surface area contributed by atoms with Gasteiger partial charge in [0.2, 0.25) is 0 Å². The first-order valence-electron chi connectivity index (χ1n) is 18.3. The zero-order valence-corrected chi connectivity index (χ0v) is 32.6. The predicted molar refractivity (Wildman–Crippen MR) is 224 cm³/mol. The van der Waals surface area contributed by atoms with Gasteiger partial charge in [-0.15, -0.1) is 0 Å². The molecule has 0 saturated carbocycles. The molecular weight excluding hydrogens is 742 g/mol. The van der Waals surface area contributed by atoms with E-state index in [1.165, 1.54) is 0 Å². The van der Waals surface area contributed by atoms with Crippen molar-refractivity contribution in [2.75, 3.05) is 0 Å². The van der Waals surface area contributed by atoms with Crippen molar-refractivity contribution in [2.24, 2.45) is 17.2 Å². The van der Waals surface area contributed by atoms with Crippen LogP contribution in [0.4, 0.5) is 0 Å². The lowest BCUT2D eigenvalue weighted by Crippen LogP contribution is -2.14. The number of carbonyl (C=O) groups is 2. The van der Waals surface area contributed by atoms with Gasteiger partial charge in [-0.3, -0.25) is 9.59 Å². The monoisotopic (exact) mass is 789 g/mol. The third-order valence-corrected chi connectivity index (χ3v) is 8.65. The molecule has 10 nitrogen and oxygen atoms in total. The quantitative estimate of drug-likeness (QED) is 0.0712. The Balaban J connectivity index is 0.000000190.